The molecule has 0 saturated carbocycles. The minimum Gasteiger partial charge on any atom is -0.312 e. The predicted molar refractivity (Wildman–Crippen MR) is 73.0 cm³/mol. The van der Waals surface area contributed by atoms with E-state index in [1.54, 1.807) is 6.07 Å². The fourth-order valence-electron chi connectivity index (χ4n) is 4.39. The van der Waals surface area contributed by atoms with E-state index >= 15 is 0 Å². The minimum atomic E-state index is -4.69. The molecular formula is C15H21ClN2O5. The maximum absolute atomic E-state index is 12.0. The standard InChI is InChI=1S/C15H20N2O.ClHO4/c18-15-6-3-5-14-11-8-12(10-17(14)15)13-4-1-2-7-16(13)9-11;2-1(3,4)5/h3,5-6,11-13H,1-2,4,7-10H2;(H,2,3,4,5)/t11-,12-,13+;/m1./s1. The second-order valence-electron chi connectivity index (χ2n) is 6.55. The van der Waals surface area contributed by atoms with E-state index in [0.717, 1.165) is 12.6 Å². The van der Waals surface area contributed by atoms with Crippen LogP contribution in [0.5, 0.6) is 0 Å². The van der Waals surface area contributed by atoms with E-state index in [9.17, 15) is 4.79 Å². The van der Waals surface area contributed by atoms with Crippen molar-refractivity contribution in [1.29, 1.82) is 0 Å². The van der Waals surface area contributed by atoms with Gasteiger partial charge in [0.05, 0.1) is 14.9 Å². The van der Waals surface area contributed by atoms with Gasteiger partial charge in [0.2, 0.25) is 0 Å². The largest absolute Gasteiger partial charge is 0.312 e. The molecule has 8 heteroatoms. The summed E-state index contributed by atoms with van der Waals surface area (Å²) >= 11 is 0. The Balaban J connectivity index is 0.000000276. The molecule has 2 saturated heterocycles. The van der Waals surface area contributed by atoms with Crippen LogP contribution in [0.25, 0.3) is 0 Å². The quantitative estimate of drug-likeness (QED) is 0.566. The van der Waals surface area contributed by atoms with Crippen LogP contribution in [-0.2, 0) is 6.54 Å². The van der Waals surface area contributed by atoms with Crippen LogP contribution in [0.4, 0.5) is 0 Å². The van der Waals surface area contributed by atoms with Crippen molar-refractivity contribution in [2.75, 3.05) is 13.1 Å². The van der Waals surface area contributed by atoms with Crippen molar-refractivity contribution in [3.8, 4) is 0 Å². The van der Waals surface area contributed by atoms with E-state index in [2.05, 4.69) is 11.0 Å². The van der Waals surface area contributed by atoms with Crippen LogP contribution in [0.15, 0.2) is 23.0 Å². The van der Waals surface area contributed by atoms with Crippen LogP contribution in [0, 0.1) is 16.2 Å². The summed E-state index contributed by atoms with van der Waals surface area (Å²) in [7, 11) is -4.69. The van der Waals surface area contributed by atoms with Gasteiger partial charge < -0.3 is 4.57 Å². The number of hydrogen-bond donors (Lipinski definition) is 1. The van der Waals surface area contributed by atoms with Gasteiger partial charge in [0.1, 0.15) is 0 Å². The normalized spacial score (nSPS) is 29.8. The Bertz CT molecular complexity index is 609. The molecule has 2 bridgehead atoms. The van der Waals surface area contributed by atoms with Gasteiger partial charge in [0.25, 0.3) is 5.56 Å². The summed E-state index contributed by atoms with van der Waals surface area (Å²) in [6.07, 6.45) is 5.37. The van der Waals surface area contributed by atoms with Gasteiger partial charge >= 0.3 is 0 Å². The molecule has 3 atom stereocenters. The van der Waals surface area contributed by atoms with Gasteiger partial charge in [-0.05, 0) is 37.8 Å². The summed E-state index contributed by atoms with van der Waals surface area (Å²) in [5.74, 6) is 1.30. The predicted octanol–water partition coefficient (Wildman–Crippen LogP) is -2.30. The Morgan fingerprint density at radius 2 is 1.91 bits per heavy atom. The molecule has 0 spiro atoms. The molecule has 2 fully saturated rings. The lowest BCUT2D eigenvalue weighted by Gasteiger charge is -2.50. The summed E-state index contributed by atoms with van der Waals surface area (Å²) in [6, 6.07) is 6.54. The summed E-state index contributed by atoms with van der Waals surface area (Å²) < 4.78 is 34.8. The molecular weight excluding hydrogens is 324 g/mol. The van der Waals surface area contributed by atoms with E-state index < -0.39 is 10.2 Å². The van der Waals surface area contributed by atoms with Crippen LogP contribution in [-0.4, -0.2) is 33.3 Å². The fraction of sp³-hybridized carbons (Fsp3) is 0.667. The number of pyridine rings is 1. The molecule has 7 nitrogen and oxygen atoms in total. The summed E-state index contributed by atoms with van der Waals surface area (Å²) in [6.45, 7) is 3.39. The third-order valence-corrected chi connectivity index (χ3v) is 5.17. The zero-order valence-corrected chi connectivity index (χ0v) is 13.5. The second kappa shape index (κ2) is 6.51. The van der Waals surface area contributed by atoms with Crippen LogP contribution in [0.1, 0.15) is 37.3 Å². The highest BCUT2D eigenvalue weighted by Crippen LogP contribution is 2.41. The Labute approximate surface area is 136 Å². The monoisotopic (exact) mass is 344 g/mol. The number of nitrogens with zero attached hydrogens (tertiary/aromatic N) is 2. The van der Waals surface area contributed by atoms with Gasteiger partial charge in [0.15, 0.2) is 0 Å². The molecule has 0 aliphatic carbocycles. The summed E-state index contributed by atoms with van der Waals surface area (Å²) in [5.41, 5.74) is 1.48. The number of aromatic nitrogens is 1. The van der Waals surface area contributed by atoms with E-state index in [0.29, 0.717) is 11.8 Å². The molecule has 0 amide bonds. The lowest BCUT2D eigenvalue weighted by Crippen LogP contribution is -2.58. The van der Waals surface area contributed by atoms with Gasteiger partial charge in [-0.3, -0.25) is 9.69 Å². The van der Waals surface area contributed by atoms with Crippen molar-refractivity contribution in [2.24, 2.45) is 5.92 Å². The number of halogens is 1. The smallest absolute Gasteiger partial charge is 0.250 e. The van der Waals surface area contributed by atoms with Crippen molar-refractivity contribution in [3.05, 3.63) is 34.2 Å². The topological polar surface area (TPSA) is 115 Å². The highest BCUT2D eigenvalue weighted by Gasteiger charge is 2.41. The lowest BCUT2D eigenvalue weighted by molar-refractivity contribution is -1.92. The van der Waals surface area contributed by atoms with Gasteiger partial charge in [-0.25, -0.2) is 0 Å². The van der Waals surface area contributed by atoms with Crippen molar-refractivity contribution in [1.82, 2.24) is 9.47 Å². The number of rotatable bonds is 0. The third-order valence-electron chi connectivity index (χ3n) is 5.17. The SMILES string of the molecule is O=c1cccc2n1C[C@H]1C[C@@H]2CN2CCCC[C@@H]12.[O-][Cl+3]([O-])([O-])O. The second-order valence-corrected chi connectivity index (χ2v) is 7.34. The van der Waals surface area contributed by atoms with E-state index in [1.165, 1.54) is 44.5 Å². The number of fused-ring (bicyclic) bond motifs is 6. The average molecular weight is 345 g/mol. The van der Waals surface area contributed by atoms with Gasteiger partial charge in [-0.2, -0.15) is 14.0 Å². The molecule has 3 aliphatic rings. The van der Waals surface area contributed by atoms with Crippen molar-refractivity contribution in [2.45, 2.75) is 44.2 Å². The lowest BCUT2D eigenvalue weighted by atomic mass is 9.75. The molecule has 0 radical (unpaired) electrons. The third kappa shape index (κ3) is 3.93. The molecule has 0 unspecified atom stereocenters. The molecule has 4 rings (SSSR count). The number of hydrogen-bond acceptors (Lipinski definition) is 6. The van der Waals surface area contributed by atoms with Gasteiger partial charge in [0, 0.05) is 36.8 Å². The molecule has 23 heavy (non-hydrogen) atoms. The van der Waals surface area contributed by atoms with Crippen molar-refractivity contribution >= 4 is 0 Å². The highest BCUT2D eigenvalue weighted by atomic mass is 35.7. The minimum absolute atomic E-state index is 0.200. The summed E-state index contributed by atoms with van der Waals surface area (Å²) in [5, 5.41) is 0. The molecule has 128 valence electrons. The Morgan fingerprint density at radius 3 is 2.65 bits per heavy atom. The van der Waals surface area contributed by atoms with Crippen LogP contribution < -0.4 is 19.5 Å². The summed E-state index contributed by atoms with van der Waals surface area (Å²) in [4.78, 5) is 14.7. The zero-order chi connectivity index (χ0) is 16.6. The number of piperidine rings is 2. The Hall–Kier alpha value is -0.960. The fourth-order valence-corrected chi connectivity index (χ4v) is 4.39. The first-order valence-corrected chi connectivity index (χ1v) is 9.16. The molecule has 0 aromatic carbocycles. The van der Waals surface area contributed by atoms with Crippen molar-refractivity contribution in [3.63, 3.8) is 0 Å². The first-order valence-electron chi connectivity index (χ1n) is 7.90. The van der Waals surface area contributed by atoms with Crippen molar-refractivity contribution < 1.29 is 28.9 Å². The van der Waals surface area contributed by atoms with Crippen LogP contribution >= 0.6 is 0 Å². The average Bonchev–Trinajstić information content (AvgIpc) is 2.47. The van der Waals surface area contributed by atoms with Gasteiger partial charge in [-0.15, -0.1) is 0 Å². The Kier molecular flexibility index (Phi) is 4.78. The van der Waals surface area contributed by atoms with E-state index in [4.69, 9.17) is 18.6 Å². The maximum Gasteiger partial charge on any atom is 0.250 e. The molecule has 4 heterocycles. The molecule has 1 N–H and O–H groups in total. The zero-order valence-electron chi connectivity index (χ0n) is 12.8. The molecule has 1 aromatic rings. The Morgan fingerprint density at radius 1 is 1.17 bits per heavy atom. The van der Waals surface area contributed by atoms with Gasteiger partial charge in [-0.1, -0.05) is 12.5 Å². The highest BCUT2D eigenvalue weighted by molar-refractivity contribution is 5.18. The molecule has 3 aliphatic heterocycles. The maximum atomic E-state index is 12.0. The van der Waals surface area contributed by atoms with Crippen LogP contribution in [0.2, 0.25) is 0 Å². The first-order chi connectivity index (χ1) is 10.8. The first kappa shape index (κ1) is 16.9. The van der Waals surface area contributed by atoms with E-state index in [-0.39, 0.29) is 5.56 Å². The molecule has 1 aromatic heterocycles. The van der Waals surface area contributed by atoms with Crippen LogP contribution in [0.3, 0.4) is 0 Å². The van der Waals surface area contributed by atoms with E-state index in [1.807, 2.05) is 10.6 Å².